The molecule has 1 saturated heterocycles. The van der Waals surface area contributed by atoms with E-state index in [1.807, 2.05) is 40.2 Å². The highest BCUT2D eigenvalue weighted by molar-refractivity contribution is 7.15. The zero-order valence-electron chi connectivity index (χ0n) is 23.8. The summed E-state index contributed by atoms with van der Waals surface area (Å²) in [5.41, 5.74) is 5.04. The monoisotopic (exact) mass is 618 g/mol. The number of ether oxygens (including phenoxy) is 1. The average Bonchev–Trinajstić information content (AvgIpc) is 3.68. The number of aromatic nitrogens is 4. The van der Waals surface area contributed by atoms with Gasteiger partial charge in [-0.05, 0) is 48.5 Å². The topological polar surface area (TPSA) is 140 Å². The molecule has 45 heavy (non-hydrogen) atoms. The Morgan fingerprint density at radius 1 is 0.956 bits per heavy atom. The average molecular weight is 619 g/mol. The molecule has 1 aliphatic heterocycles. The SMILES string of the molecule is O=C(Nc1cccc(-c2nc3sccn3c2-c2ccnc(Nc3ccc(N4CCOCC4)cc3)n2)c1)c1ccccc1[N+](=O)[O-]. The van der Waals surface area contributed by atoms with Crippen LogP contribution in [0.1, 0.15) is 10.4 Å². The van der Waals surface area contributed by atoms with Crippen molar-refractivity contribution in [1.29, 1.82) is 0 Å². The summed E-state index contributed by atoms with van der Waals surface area (Å²) < 4.78 is 7.43. The van der Waals surface area contributed by atoms with Gasteiger partial charge in [0.25, 0.3) is 11.6 Å². The molecular weight excluding hydrogens is 592 g/mol. The largest absolute Gasteiger partial charge is 0.378 e. The van der Waals surface area contributed by atoms with Crippen LogP contribution in [0.2, 0.25) is 0 Å². The lowest BCUT2D eigenvalue weighted by atomic mass is 10.1. The third-order valence-corrected chi connectivity index (χ3v) is 8.16. The number of para-hydroxylation sites is 1. The van der Waals surface area contributed by atoms with Gasteiger partial charge in [-0.25, -0.2) is 15.0 Å². The number of amides is 1. The first kappa shape index (κ1) is 28.1. The van der Waals surface area contributed by atoms with Crippen LogP contribution in [0.3, 0.4) is 0 Å². The number of hydrogen-bond donors (Lipinski definition) is 2. The van der Waals surface area contributed by atoms with Crippen LogP contribution >= 0.6 is 11.3 Å². The van der Waals surface area contributed by atoms with Gasteiger partial charge in [-0.2, -0.15) is 0 Å². The van der Waals surface area contributed by atoms with E-state index in [4.69, 9.17) is 14.7 Å². The molecule has 1 amide bonds. The summed E-state index contributed by atoms with van der Waals surface area (Å²) in [5.74, 6) is -0.136. The molecule has 1 fully saturated rings. The molecule has 6 aromatic rings. The van der Waals surface area contributed by atoms with Crippen molar-refractivity contribution in [2.75, 3.05) is 41.8 Å². The smallest absolute Gasteiger partial charge is 0.282 e. The molecule has 0 unspecified atom stereocenters. The number of carbonyl (C=O) groups excluding carboxylic acids is 1. The lowest BCUT2D eigenvalue weighted by Gasteiger charge is -2.28. The van der Waals surface area contributed by atoms with Gasteiger partial charge in [0, 0.05) is 59.6 Å². The van der Waals surface area contributed by atoms with Crippen LogP contribution in [0.4, 0.5) is 28.7 Å². The lowest BCUT2D eigenvalue weighted by Crippen LogP contribution is -2.36. The Labute approximate surface area is 261 Å². The van der Waals surface area contributed by atoms with Crippen molar-refractivity contribution in [2.45, 2.75) is 0 Å². The molecule has 3 aromatic carbocycles. The van der Waals surface area contributed by atoms with E-state index in [0.29, 0.717) is 23.0 Å². The zero-order chi connectivity index (χ0) is 30.8. The number of nitrogens with zero attached hydrogens (tertiary/aromatic N) is 6. The Morgan fingerprint density at radius 2 is 1.78 bits per heavy atom. The van der Waals surface area contributed by atoms with E-state index in [9.17, 15) is 14.9 Å². The zero-order valence-corrected chi connectivity index (χ0v) is 24.6. The number of nitro benzene ring substituents is 1. The number of carbonyl (C=O) groups is 1. The molecule has 0 bridgehead atoms. The second kappa shape index (κ2) is 12.1. The Hall–Kier alpha value is -5.66. The van der Waals surface area contributed by atoms with E-state index in [2.05, 4.69) is 32.7 Å². The normalized spacial score (nSPS) is 13.1. The molecule has 12 nitrogen and oxygen atoms in total. The van der Waals surface area contributed by atoms with Crippen molar-refractivity contribution in [3.8, 4) is 22.6 Å². The fourth-order valence-corrected chi connectivity index (χ4v) is 5.97. The van der Waals surface area contributed by atoms with E-state index in [-0.39, 0.29) is 11.3 Å². The molecule has 1 aliphatic rings. The molecular formula is C32H26N8O4S. The van der Waals surface area contributed by atoms with Gasteiger partial charge in [0.2, 0.25) is 5.95 Å². The predicted octanol–water partition coefficient (Wildman–Crippen LogP) is 6.26. The summed E-state index contributed by atoms with van der Waals surface area (Å²) in [6.07, 6.45) is 3.64. The first-order valence-corrected chi connectivity index (χ1v) is 15.1. The van der Waals surface area contributed by atoms with Gasteiger partial charge in [-0.1, -0.05) is 24.3 Å². The number of morpholine rings is 1. The molecule has 4 heterocycles. The minimum atomic E-state index is -0.574. The van der Waals surface area contributed by atoms with Crippen molar-refractivity contribution in [3.05, 3.63) is 112 Å². The van der Waals surface area contributed by atoms with Crippen LogP contribution in [0.15, 0.2) is 96.6 Å². The van der Waals surface area contributed by atoms with Crippen molar-refractivity contribution in [2.24, 2.45) is 0 Å². The van der Waals surface area contributed by atoms with Gasteiger partial charge in [-0.15, -0.1) is 11.3 Å². The number of imidazole rings is 1. The number of rotatable bonds is 8. The third kappa shape index (κ3) is 5.81. The molecule has 0 saturated carbocycles. The maximum absolute atomic E-state index is 13.0. The number of thiazole rings is 1. The standard InChI is InChI=1S/C32H26N8O4S/c41-30(25-6-1-2-7-27(25)40(42)43)34-23-5-3-4-21(20-23)28-29(39-16-19-45-32(39)37-28)26-12-13-33-31(36-26)35-22-8-10-24(11-9-22)38-14-17-44-18-15-38/h1-13,16,19-20H,14-15,17-18H2,(H,34,41)(H,33,35,36). The van der Waals surface area contributed by atoms with Gasteiger partial charge < -0.3 is 20.3 Å². The first-order valence-electron chi connectivity index (χ1n) is 14.2. The summed E-state index contributed by atoms with van der Waals surface area (Å²) in [5, 5.41) is 19.5. The predicted molar refractivity (Wildman–Crippen MR) is 173 cm³/mol. The van der Waals surface area contributed by atoms with Crippen molar-refractivity contribution in [1.82, 2.24) is 19.4 Å². The van der Waals surface area contributed by atoms with E-state index >= 15 is 0 Å². The molecule has 0 spiro atoms. The quantitative estimate of drug-likeness (QED) is 0.149. The molecule has 3 aromatic heterocycles. The number of anilines is 4. The van der Waals surface area contributed by atoms with Crippen LogP contribution in [0, 0.1) is 10.1 Å². The van der Waals surface area contributed by atoms with E-state index < -0.39 is 10.8 Å². The van der Waals surface area contributed by atoms with Gasteiger partial charge >= 0.3 is 0 Å². The summed E-state index contributed by atoms with van der Waals surface area (Å²) in [6, 6.07) is 23.1. The molecule has 2 N–H and O–H groups in total. The Bertz CT molecular complexity index is 2020. The van der Waals surface area contributed by atoms with E-state index in [0.717, 1.165) is 53.9 Å². The fraction of sp³-hybridized carbons (Fsp3) is 0.125. The van der Waals surface area contributed by atoms with Gasteiger partial charge in [0.05, 0.1) is 29.5 Å². The van der Waals surface area contributed by atoms with Crippen LogP contribution in [-0.4, -0.2) is 56.5 Å². The summed E-state index contributed by atoms with van der Waals surface area (Å²) in [7, 11) is 0. The summed E-state index contributed by atoms with van der Waals surface area (Å²) in [6.45, 7) is 3.19. The van der Waals surface area contributed by atoms with Crippen molar-refractivity contribution < 1.29 is 14.5 Å². The lowest BCUT2D eigenvalue weighted by molar-refractivity contribution is -0.385. The second-order valence-corrected chi connectivity index (χ2v) is 11.1. The molecule has 0 aliphatic carbocycles. The Kier molecular flexibility index (Phi) is 7.59. The third-order valence-electron chi connectivity index (χ3n) is 7.40. The van der Waals surface area contributed by atoms with E-state index in [1.165, 1.54) is 29.5 Å². The number of hydrogen-bond acceptors (Lipinski definition) is 10. The van der Waals surface area contributed by atoms with Gasteiger partial charge in [-0.3, -0.25) is 19.3 Å². The van der Waals surface area contributed by atoms with Gasteiger partial charge in [0.1, 0.15) is 11.3 Å². The van der Waals surface area contributed by atoms with Crippen molar-refractivity contribution >= 4 is 50.9 Å². The molecule has 0 atom stereocenters. The highest BCUT2D eigenvalue weighted by atomic mass is 32.1. The van der Waals surface area contributed by atoms with Gasteiger partial charge in [0.15, 0.2) is 4.96 Å². The number of benzene rings is 3. The molecule has 13 heteroatoms. The minimum Gasteiger partial charge on any atom is -0.378 e. The number of fused-ring (bicyclic) bond motifs is 1. The highest BCUT2D eigenvalue weighted by Gasteiger charge is 2.21. The Morgan fingerprint density at radius 3 is 2.60 bits per heavy atom. The fourth-order valence-electron chi connectivity index (χ4n) is 5.26. The van der Waals surface area contributed by atoms with Crippen LogP contribution in [-0.2, 0) is 4.74 Å². The molecule has 0 radical (unpaired) electrons. The maximum atomic E-state index is 13.0. The van der Waals surface area contributed by atoms with E-state index in [1.54, 1.807) is 30.5 Å². The van der Waals surface area contributed by atoms with Crippen LogP contribution in [0.5, 0.6) is 0 Å². The summed E-state index contributed by atoms with van der Waals surface area (Å²) >= 11 is 1.50. The molecule has 224 valence electrons. The maximum Gasteiger partial charge on any atom is 0.282 e. The number of nitrogens with one attached hydrogen (secondary N) is 2. The van der Waals surface area contributed by atoms with Crippen molar-refractivity contribution in [3.63, 3.8) is 0 Å². The summed E-state index contributed by atoms with van der Waals surface area (Å²) in [4.78, 5) is 41.1. The second-order valence-electron chi connectivity index (χ2n) is 10.2. The Balaban J connectivity index is 1.17. The first-order chi connectivity index (χ1) is 22.0. The van der Waals surface area contributed by atoms with Crippen LogP contribution < -0.4 is 15.5 Å². The highest BCUT2D eigenvalue weighted by Crippen LogP contribution is 2.35. The van der Waals surface area contributed by atoms with Crippen LogP contribution in [0.25, 0.3) is 27.6 Å². The molecule has 7 rings (SSSR count). The number of nitro groups is 1. The minimum absolute atomic E-state index is 0.0205.